The van der Waals surface area contributed by atoms with Crippen molar-refractivity contribution in [3.8, 4) is 0 Å². The predicted octanol–water partition coefficient (Wildman–Crippen LogP) is 2.98. The number of nitrogens with zero attached hydrogens (tertiary/aromatic N) is 1. The van der Waals surface area contributed by atoms with Gasteiger partial charge < -0.3 is 16.0 Å². The van der Waals surface area contributed by atoms with E-state index in [1.807, 2.05) is 23.9 Å². The molecule has 1 amide bonds. The van der Waals surface area contributed by atoms with Crippen LogP contribution in [0, 0.1) is 0 Å². The number of amides is 1. The first-order chi connectivity index (χ1) is 9.49. The molecule has 4 nitrogen and oxygen atoms in total. The Bertz CT molecular complexity index is 523. The van der Waals surface area contributed by atoms with Gasteiger partial charge in [-0.2, -0.15) is 11.8 Å². The lowest BCUT2D eigenvalue weighted by Gasteiger charge is -2.30. The summed E-state index contributed by atoms with van der Waals surface area (Å²) < 4.78 is 0.977. The molecular weight excluding hydrogens is 338 g/mol. The number of carbonyl (C=O) groups excluding carboxylic acids is 1. The van der Waals surface area contributed by atoms with Crippen LogP contribution in [0.4, 0.5) is 11.4 Å². The fraction of sp³-hybridized carbons (Fsp3) is 0.500. The highest BCUT2D eigenvalue weighted by molar-refractivity contribution is 9.10. The number of thioether (sulfide) groups is 1. The average Bonchev–Trinajstić information content (AvgIpc) is 2.70. The number of fused-ring (bicyclic) bond motifs is 1. The van der Waals surface area contributed by atoms with Crippen molar-refractivity contribution in [2.45, 2.75) is 25.4 Å². The molecule has 2 atom stereocenters. The number of nitrogens with one attached hydrogen (secondary N) is 1. The van der Waals surface area contributed by atoms with Crippen LogP contribution in [-0.4, -0.2) is 31.0 Å². The lowest BCUT2D eigenvalue weighted by Crippen LogP contribution is -2.33. The Kier molecular flexibility index (Phi) is 4.99. The quantitative estimate of drug-likeness (QED) is 0.850. The fourth-order valence-electron chi connectivity index (χ4n) is 2.46. The maximum absolute atomic E-state index is 11.6. The lowest BCUT2D eigenvalue weighted by atomic mass is 10.1. The van der Waals surface area contributed by atoms with Crippen LogP contribution in [0.5, 0.6) is 0 Å². The second kappa shape index (κ2) is 6.37. The van der Waals surface area contributed by atoms with Crippen LogP contribution in [0.15, 0.2) is 16.6 Å². The highest BCUT2D eigenvalue weighted by Crippen LogP contribution is 2.38. The summed E-state index contributed by atoms with van der Waals surface area (Å²) in [5.74, 6) is 0.936. The Morgan fingerprint density at radius 3 is 2.85 bits per heavy atom. The largest absolute Gasteiger partial charge is 0.370 e. The third kappa shape index (κ3) is 2.82. The van der Waals surface area contributed by atoms with E-state index in [2.05, 4.69) is 46.4 Å². The second-order valence-corrected chi connectivity index (χ2v) is 6.75. The van der Waals surface area contributed by atoms with Crippen molar-refractivity contribution in [3.05, 3.63) is 22.2 Å². The Morgan fingerprint density at radius 1 is 1.55 bits per heavy atom. The Balaban J connectivity index is 2.34. The lowest BCUT2D eigenvalue weighted by molar-refractivity contribution is -0.116. The van der Waals surface area contributed by atoms with Gasteiger partial charge in [-0.15, -0.1) is 0 Å². The molecule has 0 spiro atoms. The highest BCUT2D eigenvalue weighted by Gasteiger charge is 2.29. The Labute approximate surface area is 132 Å². The first-order valence-corrected chi connectivity index (χ1v) is 8.79. The first kappa shape index (κ1) is 15.7. The van der Waals surface area contributed by atoms with Crippen LogP contribution < -0.4 is 16.0 Å². The first-order valence-electron chi connectivity index (χ1n) is 6.61. The van der Waals surface area contributed by atoms with Crippen LogP contribution >= 0.6 is 27.7 Å². The highest BCUT2D eigenvalue weighted by atomic mass is 79.9. The summed E-state index contributed by atoms with van der Waals surface area (Å²) in [5, 5.41) is 2.84. The van der Waals surface area contributed by atoms with Gasteiger partial charge in [0.1, 0.15) is 6.04 Å². The van der Waals surface area contributed by atoms with Gasteiger partial charge in [0.25, 0.3) is 0 Å². The molecule has 1 heterocycles. The Hall–Kier alpha value is -0.720. The maximum atomic E-state index is 11.6. The number of hydrogen-bond donors (Lipinski definition) is 2. The SMILES string of the molecule is CCC(CSC)N(C)c1cc2c(cc1Br)C(N)C(=O)N2. The van der Waals surface area contributed by atoms with Crippen LogP contribution in [0.3, 0.4) is 0 Å². The summed E-state index contributed by atoms with van der Waals surface area (Å²) >= 11 is 5.45. The van der Waals surface area contributed by atoms with Crippen LogP contribution in [-0.2, 0) is 4.79 Å². The molecule has 1 aromatic carbocycles. The summed E-state index contributed by atoms with van der Waals surface area (Å²) in [7, 11) is 2.09. The molecule has 0 bridgehead atoms. The predicted molar refractivity (Wildman–Crippen MR) is 90.6 cm³/mol. The molecule has 2 rings (SSSR count). The molecule has 110 valence electrons. The standard InChI is InChI=1S/C14H20BrN3OS/c1-4-8(7-20-3)18(2)12-6-11-9(5-10(12)15)13(16)14(19)17-11/h5-6,8,13H,4,7,16H2,1-3H3,(H,17,19). The smallest absolute Gasteiger partial charge is 0.245 e. The van der Waals surface area contributed by atoms with Crippen LogP contribution in [0.25, 0.3) is 0 Å². The number of rotatable bonds is 5. The average molecular weight is 358 g/mol. The Morgan fingerprint density at radius 2 is 2.25 bits per heavy atom. The van der Waals surface area contributed by atoms with Crippen molar-refractivity contribution < 1.29 is 4.79 Å². The molecule has 0 aliphatic carbocycles. The van der Waals surface area contributed by atoms with Crippen molar-refractivity contribution in [1.82, 2.24) is 0 Å². The summed E-state index contributed by atoms with van der Waals surface area (Å²) in [6, 6.07) is 3.86. The monoisotopic (exact) mass is 357 g/mol. The minimum atomic E-state index is -0.561. The fourth-order valence-corrected chi connectivity index (χ4v) is 3.94. The van der Waals surface area contributed by atoms with Crippen molar-refractivity contribution in [1.29, 1.82) is 0 Å². The number of anilines is 2. The molecule has 6 heteroatoms. The van der Waals surface area contributed by atoms with E-state index < -0.39 is 6.04 Å². The molecule has 0 radical (unpaired) electrons. The van der Waals surface area contributed by atoms with Crippen molar-refractivity contribution in [2.75, 3.05) is 29.3 Å². The van der Waals surface area contributed by atoms with Gasteiger partial charge in [0.15, 0.2) is 0 Å². The summed E-state index contributed by atoms with van der Waals surface area (Å²) in [6.07, 6.45) is 3.19. The van der Waals surface area contributed by atoms with E-state index in [0.717, 1.165) is 33.6 Å². The van der Waals surface area contributed by atoms with E-state index in [1.54, 1.807) is 0 Å². The van der Waals surface area contributed by atoms with Gasteiger partial charge in [-0.05, 0) is 40.7 Å². The van der Waals surface area contributed by atoms with Gasteiger partial charge in [0.2, 0.25) is 5.91 Å². The third-order valence-electron chi connectivity index (χ3n) is 3.75. The molecule has 1 aliphatic heterocycles. The summed E-state index contributed by atoms with van der Waals surface area (Å²) in [6.45, 7) is 2.19. The van der Waals surface area contributed by atoms with E-state index in [-0.39, 0.29) is 5.91 Å². The molecule has 1 aliphatic rings. The molecule has 2 unspecified atom stereocenters. The van der Waals surface area contributed by atoms with Gasteiger partial charge in [0.05, 0.1) is 5.69 Å². The number of nitrogens with two attached hydrogens (primary N) is 1. The van der Waals surface area contributed by atoms with E-state index in [9.17, 15) is 4.79 Å². The molecule has 3 N–H and O–H groups in total. The molecular formula is C14H20BrN3OS. The van der Waals surface area contributed by atoms with Crippen LogP contribution in [0.2, 0.25) is 0 Å². The van der Waals surface area contributed by atoms with Gasteiger partial charge in [-0.25, -0.2) is 0 Å². The second-order valence-electron chi connectivity index (χ2n) is 4.99. The van der Waals surface area contributed by atoms with E-state index in [4.69, 9.17) is 5.73 Å². The molecule has 0 saturated heterocycles. The molecule has 0 fully saturated rings. The van der Waals surface area contributed by atoms with Crippen molar-refractivity contribution >= 4 is 45.0 Å². The zero-order chi connectivity index (χ0) is 14.9. The van der Waals surface area contributed by atoms with Crippen LogP contribution in [0.1, 0.15) is 24.9 Å². The van der Waals surface area contributed by atoms with Crippen molar-refractivity contribution in [3.63, 3.8) is 0 Å². The number of halogens is 1. The minimum Gasteiger partial charge on any atom is -0.370 e. The van der Waals surface area contributed by atoms with Gasteiger partial charge in [-0.3, -0.25) is 4.79 Å². The molecule has 0 aromatic heterocycles. The third-order valence-corrected chi connectivity index (χ3v) is 5.11. The zero-order valence-electron chi connectivity index (χ0n) is 11.9. The summed E-state index contributed by atoms with van der Waals surface area (Å²) in [4.78, 5) is 13.9. The van der Waals surface area contributed by atoms with E-state index >= 15 is 0 Å². The normalized spacial score (nSPS) is 18.6. The molecule has 0 saturated carbocycles. The van der Waals surface area contributed by atoms with Gasteiger partial charge >= 0.3 is 0 Å². The van der Waals surface area contributed by atoms with E-state index in [1.165, 1.54) is 0 Å². The number of benzene rings is 1. The van der Waals surface area contributed by atoms with Crippen molar-refractivity contribution in [2.24, 2.45) is 5.73 Å². The van der Waals surface area contributed by atoms with E-state index in [0.29, 0.717) is 6.04 Å². The maximum Gasteiger partial charge on any atom is 0.245 e. The topological polar surface area (TPSA) is 58.4 Å². The van der Waals surface area contributed by atoms with Gasteiger partial charge in [0, 0.05) is 34.6 Å². The number of hydrogen-bond acceptors (Lipinski definition) is 4. The number of carbonyl (C=O) groups is 1. The molecule has 20 heavy (non-hydrogen) atoms. The minimum absolute atomic E-state index is 0.136. The summed E-state index contributed by atoms with van der Waals surface area (Å²) in [5.41, 5.74) is 8.64. The zero-order valence-corrected chi connectivity index (χ0v) is 14.3. The van der Waals surface area contributed by atoms with Gasteiger partial charge in [-0.1, -0.05) is 6.92 Å². The molecule has 1 aromatic rings.